The fraction of sp³-hybridized carbons (Fsp3) is 0.500. The third kappa shape index (κ3) is 1.97. The van der Waals surface area contributed by atoms with Gasteiger partial charge in [0, 0.05) is 18.2 Å². The third-order valence-corrected chi connectivity index (χ3v) is 3.32. The first kappa shape index (κ1) is 11.2. The number of nitrogens with zero attached hydrogens (tertiary/aromatic N) is 1. The van der Waals surface area contributed by atoms with E-state index in [1.54, 1.807) is 0 Å². The molecule has 0 radical (unpaired) electrons. The Bertz CT molecular complexity index is 380. The Morgan fingerprint density at radius 2 is 1.88 bits per heavy atom. The van der Waals surface area contributed by atoms with Crippen LogP contribution in [-0.4, -0.2) is 11.9 Å². The van der Waals surface area contributed by atoms with Gasteiger partial charge in [-0.3, -0.25) is 4.79 Å². The predicted octanol–water partition coefficient (Wildman–Crippen LogP) is 3.33. The van der Waals surface area contributed by atoms with E-state index in [-0.39, 0.29) is 5.91 Å². The lowest BCUT2D eigenvalue weighted by Gasteiger charge is -2.22. The molecule has 1 aliphatic rings. The topological polar surface area (TPSA) is 20.3 Å². The second-order valence-electron chi connectivity index (χ2n) is 4.90. The van der Waals surface area contributed by atoms with Gasteiger partial charge in [-0.2, -0.15) is 0 Å². The van der Waals surface area contributed by atoms with Gasteiger partial charge >= 0.3 is 0 Å². The zero-order valence-electron chi connectivity index (χ0n) is 10.2. The van der Waals surface area contributed by atoms with Gasteiger partial charge in [0.2, 0.25) is 5.91 Å². The first-order valence-electron chi connectivity index (χ1n) is 6.01. The van der Waals surface area contributed by atoms with Crippen LogP contribution in [0.2, 0.25) is 0 Å². The fourth-order valence-electron chi connectivity index (χ4n) is 2.25. The summed E-state index contributed by atoms with van der Waals surface area (Å²) in [6.07, 6.45) is 1.66. The summed E-state index contributed by atoms with van der Waals surface area (Å²) >= 11 is 0. The lowest BCUT2D eigenvalue weighted by Crippen LogP contribution is -2.30. The molecule has 1 aromatic carbocycles. The Balaban J connectivity index is 2.24. The molecule has 86 valence electrons. The highest BCUT2D eigenvalue weighted by molar-refractivity contribution is 5.96. The molecule has 0 spiro atoms. The maximum Gasteiger partial charge on any atom is 0.227 e. The van der Waals surface area contributed by atoms with Crippen LogP contribution in [-0.2, 0) is 4.79 Å². The van der Waals surface area contributed by atoms with Crippen molar-refractivity contribution in [3.05, 3.63) is 29.8 Å². The number of rotatable bonds is 2. The standard InChI is InChI=1S/C14H19NO/c1-10(2)12-5-7-13(8-6-12)15-11(3)4-9-14(15)16/h5-8,10-11H,4,9H2,1-3H3. The van der Waals surface area contributed by atoms with Crippen molar-refractivity contribution in [3.8, 4) is 0 Å². The van der Waals surface area contributed by atoms with E-state index in [2.05, 4.69) is 45.0 Å². The Labute approximate surface area is 97.3 Å². The summed E-state index contributed by atoms with van der Waals surface area (Å²) < 4.78 is 0. The highest BCUT2D eigenvalue weighted by Gasteiger charge is 2.28. The molecule has 1 fully saturated rings. The normalized spacial score (nSPS) is 20.9. The average molecular weight is 217 g/mol. The predicted molar refractivity (Wildman–Crippen MR) is 66.7 cm³/mol. The molecular weight excluding hydrogens is 198 g/mol. The van der Waals surface area contributed by atoms with Crippen molar-refractivity contribution in [2.45, 2.75) is 45.6 Å². The van der Waals surface area contributed by atoms with Crippen molar-refractivity contribution in [1.29, 1.82) is 0 Å². The second kappa shape index (κ2) is 4.28. The van der Waals surface area contributed by atoms with Gasteiger partial charge < -0.3 is 4.90 Å². The van der Waals surface area contributed by atoms with Crippen molar-refractivity contribution in [2.24, 2.45) is 0 Å². The highest BCUT2D eigenvalue weighted by Crippen LogP contribution is 2.27. The molecule has 1 unspecified atom stereocenters. The Morgan fingerprint density at radius 3 is 2.31 bits per heavy atom. The van der Waals surface area contributed by atoms with Crippen LogP contribution in [0.3, 0.4) is 0 Å². The maximum absolute atomic E-state index is 11.7. The summed E-state index contributed by atoms with van der Waals surface area (Å²) in [5.41, 5.74) is 2.36. The van der Waals surface area contributed by atoms with Gasteiger partial charge in [0.1, 0.15) is 0 Å². The lowest BCUT2D eigenvalue weighted by molar-refractivity contribution is -0.117. The second-order valence-corrected chi connectivity index (χ2v) is 4.90. The molecule has 1 atom stereocenters. The number of hydrogen-bond acceptors (Lipinski definition) is 1. The number of hydrogen-bond donors (Lipinski definition) is 0. The van der Waals surface area contributed by atoms with E-state index in [1.807, 2.05) is 4.90 Å². The summed E-state index contributed by atoms with van der Waals surface area (Å²) in [6, 6.07) is 8.72. The average Bonchev–Trinajstić information content (AvgIpc) is 2.59. The van der Waals surface area contributed by atoms with Crippen molar-refractivity contribution < 1.29 is 4.79 Å². The lowest BCUT2D eigenvalue weighted by atomic mass is 10.0. The minimum absolute atomic E-state index is 0.254. The van der Waals surface area contributed by atoms with E-state index in [9.17, 15) is 4.79 Å². The molecule has 0 bridgehead atoms. The molecule has 1 amide bonds. The Kier molecular flexibility index (Phi) is 2.99. The van der Waals surface area contributed by atoms with Crippen molar-refractivity contribution in [1.82, 2.24) is 0 Å². The van der Waals surface area contributed by atoms with Gasteiger partial charge in [0.05, 0.1) is 0 Å². The molecule has 2 rings (SSSR count). The van der Waals surface area contributed by atoms with E-state index in [0.717, 1.165) is 12.1 Å². The van der Waals surface area contributed by atoms with Crippen molar-refractivity contribution >= 4 is 11.6 Å². The Hall–Kier alpha value is -1.31. The quantitative estimate of drug-likeness (QED) is 0.744. The molecule has 2 heteroatoms. The van der Waals surface area contributed by atoms with Crippen molar-refractivity contribution in [2.75, 3.05) is 4.90 Å². The third-order valence-electron chi connectivity index (χ3n) is 3.32. The molecule has 16 heavy (non-hydrogen) atoms. The Morgan fingerprint density at radius 1 is 1.25 bits per heavy atom. The van der Waals surface area contributed by atoms with Crippen LogP contribution in [0, 0.1) is 0 Å². The smallest absolute Gasteiger partial charge is 0.227 e. The van der Waals surface area contributed by atoms with Crippen LogP contribution in [0.1, 0.15) is 45.1 Å². The molecule has 0 aromatic heterocycles. The van der Waals surface area contributed by atoms with E-state index in [1.165, 1.54) is 5.56 Å². The molecule has 0 N–H and O–H groups in total. The molecule has 0 aliphatic carbocycles. The largest absolute Gasteiger partial charge is 0.310 e. The number of carbonyl (C=O) groups excluding carboxylic acids is 1. The number of carbonyl (C=O) groups is 1. The zero-order valence-corrected chi connectivity index (χ0v) is 10.2. The molecule has 1 heterocycles. The highest BCUT2D eigenvalue weighted by atomic mass is 16.2. The summed E-state index contributed by atoms with van der Waals surface area (Å²) in [5, 5.41) is 0. The molecule has 2 nitrogen and oxygen atoms in total. The van der Waals surface area contributed by atoms with E-state index in [0.29, 0.717) is 18.4 Å². The molecule has 0 saturated carbocycles. The SMILES string of the molecule is CC(C)c1ccc(N2C(=O)CCC2C)cc1. The fourth-order valence-corrected chi connectivity index (χ4v) is 2.25. The van der Waals surface area contributed by atoms with Gasteiger partial charge in [0.25, 0.3) is 0 Å². The van der Waals surface area contributed by atoms with Crippen LogP contribution < -0.4 is 4.90 Å². The van der Waals surface area contributed by atoms with Gasteiger partial charge in [-0.1, -0.05) is 26.0 Å². The van der Waals surface area contributed by atoms with Gasteiger partial charge in [-0.15, -0.1) is 0 Å². The molecule has 1 aliphatic heterocycles. The summed E-state index contributed by atoms with van der Waals surface area (Å²) in [4.78, 5) is 13.7. The molecular formula is C14H19NO. The van der Waals surface area contributed by atoms with Crippen LogP contribution in [0.15, 0.2) is 24.3 Å². The number of anilines is 1. The maximum atomic E-state index is 11.7. The number of amides is 1. The van der Waals surface area contributed by atoms with Gasteiger partial charge in [-0.05, 0) is 37.0 Å². The minimum atomic E-state index is 0.254. The molecule has 1 saturated heterocycles. The van der Waals surface area contributed by atoms with Crippen molar-refractivity contribution in [3.63, 3.8) is 0 Å². The van der Waals surface area contributed by atoms with Gasteiger partial charge in [-0.25, -0.2) is 0 Å². The summed E-state index contributed by atoms with van der Waals surface area (Å²) in [6.45, 7) is 6.47. The monoisotopic (exact) mass is 217 g/mol. The minimum Gasteiger partial charge on any atom is -0.310 e. The first-order valence-corrected chi connectivity index (χ1v) is 6.01. The van der Waals surface area contributed by atoms with Crippen LogP contribution >= 0.6 is 0 Å². The summed E-state index contributed by atoms with van der Waals surface area (Å²) in [7, 11) is 0. The zero-order chi connectivity index (χ0) is 11.7. The molecule has 1 aromatic rings. The van der Waals surface area contributed by atoms with Gasteiger partial charge in [0.15, 0.2) is 0 Å². The van der Waals surface area contributed by atoms with Crippen LogP contribution in [0.25, 0.3) is 0 Å². The van der Waals surface area contributed by atoms with Crippen LogP contribution in [0.5, 0.6) is 0 Å². The number of benzene rings is 1. The van der Waals surface area contributed by atoms with E-state index < -0.39 is 0 Å². The van der Waals surface area contributed by atoms with E-state index in [4.69, 9.17) is 0 Å². The first-order chi connectivity index (χ1) is 7.59. The summed E-state index contributed by atoms with van der Waals surface area (Å²) in [5.74, 6) is 0.797. The van der Waals surface area contributed by atoms with Crippen LogP contribution in [0.4, 0.5) is 5.69 Å². The van der Waals surface area contributed by atoms with E-state index >= 15 is 0 Å².